The highest BCUT2D eigenvalue weighted by molar-refractivity contribution is 7.89. The van der Waals surface area contributed by atoms with Crippen LogP contribution in [0.3, 0.4) is 0 Å². The van der Waals surface area contributed by atoms with Crippen molar-refractivity contribution in [2.24, 2.45) is 0 Å². The molecule has 3 nitrogen and oxygen atoms in total. The Morgan fingerprint density at radius 3 is 2.27 bits per heavy atom. The van der Waals surface area contributed by atoms with E-state index >= 15 is 0 Å². The first-order chi connectivity index (χ1) is 4.83. The Bertz CT molecular complexity index is 259. The highest BCUT2D eigenvalue weighted by Crippen LogP contribution is 2.01. The summed E-state index contributed by atoms with van der Waals surface area (Å²) in [7, 11) is -3.18. The molecule has 0 radical (unpaired) electrons. The first-order valence-electron chi connectivity index (χ1n) is 3.32. The van der Waals surface area contributed by atoms with Gasteiger partial charge in [0.15, 0.2) is 0 Å². The summed E-state index contributed by atoms with van der Waals surface area (Å²) >= 11 is 0. The van der Waals surface area contributed by atoms with E-state index in [9.17, 15) is 8.42 Å². The molecule has 0 aliphatic carbocycles. The standard InChI is InChI=1S/C7H13NO2S/c1-5-7(3,4)8-11(9,10)6-2/h1,8H,6H2,2-4H3. The molecule has 4 heteroatoms. The maximum absolute atomic E-state index is 11.0. The van der Waals surface area contributed by atoms with Crippen molar-refractivity contribution in [2.45, 2.75) is 26.3 Å². The van der Waals surface area contributed by atoms with Crippen LogP contribution in [-0.4, -0.2) is 19.7 Å². The summed E-state index contributed by atoms with van der Waals surface area (Å²) in [5.74, 6) is 2.40. The molecule has 0 rings (SSSR count). The van der Waals surface area contributed by atoms with Crippen molar-refractivity contribution >= 4 is 10.0 Å². The molecule has 0 spiro atoms. The van der Waals surface area contributed by atoms with E-state index in [4.69, 9.17) is 6.42 Å². The smallest absolute Gasteiger partial charge is 0.212 e. The molecular weight excluding hydrogens is 162 g/mol. The van der Waals surface area contributed by atoms with Crippen molar-refractivity contribution in [3.05, 3.63) is 0 Å². The molecule has 1 N–H and O–H groups in total. The summed E-state index contributed by atoms with van der Waals surface area (Å²) in [5, 5.41) is 0. The molecule has 0 bridgehead atoms. The van der Waals surface area contributed by atoms with Crippen LogP contribution in [0, 0.1) is 12.3 Å². The van der Waals surface area contributed by atoms with E-state index < -0.39 is 15.6 Å². The number of hydrogen-bond acceptors (Lipinski definition) is 2. The van der Waals surface area contributed by atoms with E-state index in [0.29, 0.717) is 0 Å². The number of hydrogen-bond donors (Lipinski definition) is 1. The van der Waals surface area contributed by atoms with Crippen molar-refractivity contribution < 1.29 is 8.42 Å². The highest BCUT2D eigenvalue weighted by atomic mass is 32.2. The quantitative estimate of drug-likeness (QED) is 0.629. The summed E-state index contributed by atoms with van der Waals surface area (Å²) in [5.41, 5.74) is -0.783. The molecule has 0 atom stereocenters. The van der Waals surface area contributed by atoms with Gasteiger partial charge in [0.25, 0.3) is 0 Å². The summed E-state index contributed by atoms with van der Waals surface area (Å²) in [6, 6.07) is 0. The molecule has 0 aliphatic rings. The van der Waals surface area contributed by atoms with Gasteiger partial charge in [-0.3, -0.25) is 0 Å². The van der Waals surface area contributed by atoms with Crippen LogP contribution in [0.15, 0.2) is 0 Å². The largest absolute Gasteiger partial charge is 0.212 e. The third-order valence-corrected chi connectivity index (χ3v) is 2.73. The molecular formula is C7H13NO2S. The van der Waals surface area contributed by atoms with Gasteiger partial charge in [-0.05, 0) is 20.8 Å². The molecule has 0 aromatic heterocycles. The average Bonchev–Trinajstić information content (AvgIpc) is 1.86. The highest BCUT2D eigenvalue weighted by Gasteiger charge is 2.20. The Morgan fingerprint density at radius 1 is 1.55 bits per heavy atom. The second-order valence-corrected chi connectivity index (χ2v) is 4.79. The van der Waals surface area contributed by atoms with E-state index in [-0.39, 0.29) is 5.75 Å². The molecule has 0 saturated heterocycles. The zero-order valence-corrected chi connectivity index (χ0v) is 7.83. The van der Waals surface area contributed by atoms with E-state index in [1.165, 1.54) is 0 Å². The third kappa shape index (κ3) is 4.02. The van der Waals surface area contributed by atoms with Crippen molar-refractivity contribution in [1.29, 1.82) is 0 Å². The first-order valence-corrected chi connectivity index (χ1v) is 4.97. The number of sulfonamides is 1. The van der Waals surface area contributed by atoms with Crippen LogP contribution in [0.25, 0.3) is 0 Å². The van der Waals surface area contributed by atoms with Crippen LogP contribution in [-0.2, 0) is 10.0 Å². The predicted molar refractivity (Wildman–Crippen MR) is 45.5 cm³/mol. The summed E-state index contributed by atoms with van der Waals surface area (Å²) in [6.45, 7) is 4.84. The Kier molecular flexibility index (Phi) is 3.09. The average molecular weight is 175 g/mol. The Morgan fingerprint density at radius 2 is 2.00 bits per heavy atom. The summed E-state index contributed by atoms with van der Waals surface area (Å²) in [6.07, 6.45) is 5.09. The fourth-order valence-corrected chi connectivity index (χ4v) is 1.47. The molecule has 0 heterocycles. The van der Waals surface area contributed by atoms with Crippen molar-refractivity contribution in [2.75, 3.05) is 5.75 Å². The predicted octanol–water partition coefficient (Wildman–Crippen LogP) is 0.337. The van der Waals surface area contributed by atoms with Crippen LogP contribution >= 0.6 is 0 Å². The van der Waals surface area contributed by atoms with E-state index in [1.807, 2.05) is 0 Å². The van der Waals surface area contributed by atoms with Crippen molar-refractivity contribution in [3.63, 3.8) is 0 Å². The fourth-order valence-electron chi connectivity index (χ4n) is 0.490. The fraction of sp³-hybridized carbons (Fsp3) is 0.714. The zero-order chi connectivity index (χ0) is 9.12. The van der Waals surface area contributed by atoms with Crippen LogP contribution < -0.4 is 4.72 Å². The van der Waals surface area contributed by atoms with Crippen LogP contribution in [0.2, 0.25) is 0 Å². The Hall–Kier alpha value is -0.530. The lowest BCUT2D eigenvalue weighted by atomic mass is 10.1. The lowest BCUT2D eigenvalue weighted by Gasteiger charge is -2.18. The maximum atomic E-state index is 11.0. The normalized spacial score (nSPS) is 12.5. The molecule has 64 valence electrons. The van der Waals surface area contributed by atoms with Gasteiger partial charge in [0.2, 0.25) is 10.0 Å². The molecule has 0 saturated carbocycles. The van der Waals surface area contributed by atoms with Crippen LogP contribution in [0.4, 0.5) is 0 Å². The second-order valence-electron chi connectivity index (χ2n) is 2.77. The zero-order valence-electron chi connectivity index (χ0n) is 7.01. The summed E-state index contributed by atoms with van der Waals surface area (Å²) < 4.78 is 24.3. The van der Waals surface area contributed by atoms with Crippen molar-refractivity contribution in [1.82, 2.24) is 4.72 Å². The van der Waals surface area contributed by atoms with Gasteiger partial charge in [-0.1, -0.05) is 5.92 Å². The van der Waals surface area contributed by atoms with Crippen molar-refractivity contribution in [3.8, 4) is 12.3 Å². The number of rotatable bonds is 3. The van der Waals surface area contributed by atoms with Gasteiger partial charge >= 0.3 is 0 Å². The minimum absolute atomic E-state index is 0.0537. The second kappa shape index (κ2) is 3.24. The molecule has 0 amide bonds. The van der Waals surface area contributed by atoms with Gasteiger partial charge in [-0.15, -0.1) is 6.42 Å². The number of nitrogens with one attached hydrogen (secondary N) is 1. The lowest BCUT2D eigenvalue weighted by molar-refractivity contribution is 0.540. The van der Waals surface area contributed by atoms with Gasteiger partial charge in [0, 0.05) is 0 Å². The molecule has 0 aliphatic heterocycles. The molecule has 0 fully saturated rings. The SMILES string of the molecule is C#CC(C)(C)NS(=O)(=O)CC. The molecule has 11 heavy (non-hydrogen) atoms. The van der Waals surface area contributed by atoms with E-state index in [0.717, 1.165) is 0 Å². The minimum Gasteiger partial charge on any atom is -0.212 e. The molecule has 0 aromatic rings. The topological polar surface area (TPSA) is 46.2 Å². The van der Waals surface area contributed by atoms with Gasteiger partial charge in [0.1, 0.15) is 0 Å². The van der Waals surface area contributed by atoms with Gasteiger partial charge in [-0.25, -0.2) is 8.42 Å². The van der Waals surface area contributed by atoms with Gasteiger partial charge < -0.3 is 0 Å². The lowest BCUT2D eigenvalue weighted by Crippen LogP contribution is -2.42. The first kappa shape index (κ1) is 10.5. The van der Waals surface area contributed by atoms with Crippen LogP contribution in [0.1, 0.15) is 20.8 Å². The monoisotopic (exact) mass is 175 g/mol. The molecule has 0 aromatic carbocycles. The van der Waals surface area contributed by atoms with Gasteiger partial charge in [0.05, 0.1) is 11.3 Å². The maximum Gasteiger partial charge on any atom is 0.212 e. The van der Waals surface area contributed by atoms with Gasteiger partial charge in [-0.2, -0.15) is 4.72 Å². The number of terminal acetylenes is 1. The molecule has 0 unspecified atom stereocenters. The summed E-state index contributed by atoms with van der Waals surface area (Å²) in [4.78, 5) is 0. The third-order valence-electron chi connectivity index (χ3n) is 1.15. The Labute approximate surface area is 68.2 Å². The van der Waals surface area contributed by atoms with E-state index in [2.05, 4.69) is 10.6 Å². The minimum atomic E-state index is -3.18. The Balaban J connectivity index is 4.42. The van der Waals surface area contributed by atoms with Crippen LogP contribution in [0.5, 0.6) is 0 Å². The van der Waals surface area contributed by atoms with E-state index in [1.54, 1.807) is 20.8 Å².